The third-order valence-electron chi connectivity index (χ3n) is 2.48. The predicted molar refractivity (Wildman–Crippen MR) is 81.4 cm³/mol. The third-order valence-corrected chi connectivity index (χ3v) is 4.99. The van der Waals surface area contributed by atoms with Gasteiger partial charge in [0, 0.05) is 5.02 Å². The number of hydrogen-bond acceptors (Lipinski definition) is 4. The van der Waals surface area contributed by atoms with Crippen LogP contribution in [0.15, 0.2) is 18.2 Å². The number of halogens is 1. The molecule has 0 saturated heterocycles. The number of sulfonamides is 1. The zero-order valence-corrected chi connectivity index (χ0v) is 12.9. The molecule has 0 aliphatic carbocycles. The van der Waals surface area contributed by atoms with E-state index < -0.39 is 15.3 Å². The molecule has 1 atom stereocenters. The van der Waals surface area contributed by atoms with Crippen molar-refractivity contribution >= 4 is 44.5 Å². The van der Waals surface area contributed by atoms with Gasteiger partial charge in [-0.2, -0.15) is 0 Å². The highest BCUT2D eigenvalue weighted by Gasteiger charge is 2.27. The van der Waals surface area contributed by atoms with Crippen LogP contribution in [0, 0.1) is 0 Å². The van der Waals surface area contributed by atoms with Crippen LogP contribution < -0.4 is 15.2 Å². The van der Waals surface area contributed by atoms with Crippen molar-refractivity contribution in [1.82, 2.24) is 0 Å². The molecule has 3 N–H and O–H groups in total. The van der Waals surface area contributed by atoms with Gasteiger partial charge in [0.1, 0.15) is 11.0 Å². The molecule has 0 fully saturated rings. The number of methoxy groups -OCH3 is 1. The maximum Gasteiger partial charge on any atom is 0.242 e. The van der Waals surface area contributed by atoms with E-state index >= 15 is 0 Å². The number of anilines is 1. The number of nitrogens with one attached hydrogen (secondary N) is 1. The highest BCUT2D eigenvalue weighted by Crippen LogP contribution is 2.29. The van der Waals surface area contributed by atoms with Crippen LogP contribution in [0.3, 0.4) is 0 Å². The van der Waals surface area contributed by atoms with E-state index in [0.29, 0.717) is 10.8 Å². The van der Waals surface area contributed by atoms with Gasteiger partial charge in [-0.3, -0.25) is 4.72 Å². The van der Waals surface area contributed by atoms with Gasteiger partial charge in [0.15, 0.2) is 0 Å². The molecule has 0 bridgehead atoms. The van der Waals surface area contributed by atoms with Gasteiger partial charge in [-0.05, 0) is 24.6 Å². The summed E-state index contributed by atoms with van der Waals surface area (Å²) in [6.07, 6.45) is 0.285. The first-order valence-electron chi connectivity index (χ1n) is 5.46. The van der Waals surface area contributed by atoms with E-state index in [1.165, 1.54) is 13.2 Å². The summed E-state index contributed by atoms with van der Waals surface area (Å²) in [7, 11) is -2.29. The Morgan fingerprint density at radius 3 is 2.68 bits per heavy atom. The Morgan fingerprint density at radius 1 is 1.58 bits per heavy atom. The van der Waals surface area contributed by atoms with Crippen LogP contribution in [0.1, 0.15) is 13.3 Å². The average molecular weight is 323 g/mol. The SMILES string of the molecule is CCC(C(N)=S)S(=O)(=O)Nc1cc(Cl)ccc1OC. The maximum atomic E-state index is 12.2. The Kier molecular flexibility index (Phi) is 5.39. The second kappa shape index (κ2) is 6.40. The summed E-state index contributed by atoms with van der Waals surface area (Å²) in [5.41, 5.74) is 5.70. The van der Waals surface area contributed by atoms with Gasteiger partial charge in [-0.15, -0.1) is 0 Å². The van der Waals surface area contributed by atoms with Crippen molar-refractivity contribution in [1.29, 1.82) is 0 Å². The molecule has 19 heavy (non-hydrogen) atoms. The summed E-state index contributed by atoms with van der Waals surface area (Å²) in [6.45, 7) is 1.69. The fourth-order valence-electron chi connectivity index (χ4n) is 1.56. The molecule has 106 valence electrons. The highest BCUT2D eigenvalue weighted by molar-refractivity contribution is 7.95. The monoisotopic (exact) mass is 322 g/mol. The van der Waals surface area contributed by atoms with Gasteiger partial charge < -0.3 is 10.5 Å². The molecular formula is C11H15ClN2O3S2. The van der Waals surface area contributed by atoms with Gasteiger partial charge in [0.05, 0.1) is 17.8 Å². The lowest BCUT2D eigenvalue weighted by Gasteiger charge is -2.17. The number of nitrogens with two attached hydrogens (primary N) is 1. The molecule has 1 unspecified atom stereocenters. The largest absolute Gasteiger partial charge is 0.495 e. The summed E-state index contributed by atoms with van der Waals surface area (Å²) in [6, 6.07) is 4.63. The fourth-order valence-corrected chi connectivity index (χ4v) is 3.63. The Bertz CT molecular complexity index is 575. The molecule has 0 aliphatic rings. The smallest absolute Gasteiger partial charge is 0.242 e. The Labute approximate surface area is 123 Å². The van der Waals surface area contributed by atoms with Crippen molar-refractivity contribution in [3.63, 3.8) is 0 Å². The van der Waals surface area contributed by atoms with E-state index in [0.717, 1.165) is 0 Å². The van der Waals surface area contributed by atoms with Gasteiger partial charge >= 0.3 is 0 Å². The van der Waals surface area contributed by atoms with E-state index in [1.54, 1.807) is 19.1 Å². The zero-order valence-electron chi connectivity index (χ0n) is 10.5. The molecule has 0 saturated carbocycles. The lowest BCUT2D eigenvalue weighted by molar-refractivity contribution is 0.417. The quantitative estimate of drug-likeness (QED) is 0.784. The summed E-state index contributed by atoms with van der Waals surface area (Å²) in [5, 5.41) is -0.548. The topological polar surface area (TPSA) is 81.4 Å². The minimum atomic E-state index is -3.73. The summed E-state index contributed by atoms with van der Waals surface area (Å²) in [5.74, 6) is 0.366. The van der Waals surface area contributed by atoms with Crippen molar-refractivity contribution < 1.29 is 13.2 Å². The van der Waals surface area contributed by atoms with Crippen LogP contribution in [-0.4, -0.2) is 25.8 Å². The van der Waals surface area contributed by atoms with Crippen LogP contribution in [0.4, 0.5) is 5.69 Å². The highest BCUT2D eigenvalue weighted by atomic mass is 35.5. The second-order valence-electron chi connectivity index (χ2n) is 3.79. The summed E-state index contributed by atoms with van der Waals surface area (Å²) < 4.78 is 31.8. The molecular weight excluding hydrogens is 308 g/mol. The van der Waals surface area contributed by atoms with Crippen molar-refractivity contribution in [2.75, 3.05) is 11.8 Å². The van der Waals surface area contributed by atoms with Crippen LogP contribution in [0.25, 0.3) is 0 Å². The van der Waals surface area contributed by atoms with Gasteiger partial charge in [-0.1, -0.05) is 30.7 Å². The van der Waals surface area contributed by atoms with Crippen LogP contribution in [-0.2, 0) is 10.0 Å². The first-order chi connectivity index (χ1) is 8.81. The minimum absolute atomic E-state index is 0.0732. The van der Waals surface area contributed by atoms with E-state index in [1.807, 2.05) is 0 Å². The maximum absolute atomic E-state index is 12.2. The molecule has 0 aromatic heterocycles. The van der Waals surface area contributed by atoms with Crippen molar-refractivity contribution in [3.05, 3.63) is 23.2 Å². The molecule has 1 aromatic rings. The van der Waals surface area contributed by atoms with E-state index in [4.69, 9.17) is 34.3 Å². The molecule has 5 nitrogen and oxygen atoms in total. The molecule has 1 rings (SSSR count). The molecule has 0 radical (unpaired) electrons. The molecule has 0 aliphatic heterocycles. The predicted octanol–water partition coefficient (Wildman–Crippen LogP) is 2.16. The minimum Gasteiger partial charge on any atom is -0.495 e. The van der Waals surface area contributed by atoms with Crippen LogP contribution >= 0.6 is 23.8 Å². The van der Waals surface area contributed by atoms with E-state index in [2.05, 4.69) is 4.72 Å². The van der Waals surface area contributed by atoms with Crippen LogP contribution in [0.5, 0.6) is 5.75 Å². The number of hydrogen-bond donors (Lipinski definition) is 2. The van der Waals surface area contributed by atoms with Crippen molar-refractivity contribution in [3.8, 4) is 5.75 Å². The lowest BCUT2D eigenvalue weighted by atomic mass is 10.3. The van der Waals surface area contributed by atoms with Crippen molar-refractivity contribution in [2.45, 2.75) is 18.6 Å². The number of ether oxygens (including phenoxy) is 1. The standard InChI is InChI=1S/C11H15ClN2O3S2/c1-3-10(11(13)18)19(15,16)14-8-6-7(12)4-5-9(8)17-2/h4-6,10,14H,3H2,1-2H3,(H2,13,18). The number of thiocarbonyl (C=S) groups is 1. The molecule has 0 amide bonds. The van der Waals surface area contributed by atoms with Gasteiger partial charge in [0.25, 0.3) is 0 Å². The summed E-state index contributed by atoms with van der Waals surface area (Å²) in [4.78, 5) is -0.0732. The first-order valence-corrected chi connectivity index (χ1v) is 7.79. The number of rotatable bonds is 6. The molecule has 1 aromatic carbocycles. The van der Waals surface area contributed by atoms with E-state index in [-0.39, 0.29) is 17.1 Å². The van der Waals surface area contributed by atoms with Gasteiger partial charge in [-0.25, -0.2) is 8.42 Å². The Morgan fingerprint density at radius 2 is 2.21 bits per heavy atom. The zero-order chi connectivity index (χ0) is 14.6. The third kappa shape index (κ3) is 3.95. The van der Waals surface area contributed by atoms with Crippen molar-refractivity contribution in [2.24, 2.45) is 5.73 Å². The molecule has 8 heteroatoms. The normalized spacial score (nSPS) is 12.8. The first kappa shape index (κ1) is 16.0. The Balaban J connectivity index is 3.14. The lowest BCUT2D eigenvalue weighted by Crippen LogP contribution is -2.37. The van der Waals surface area contributed by atoms with Crippen LogP contribution in [0.2, 0.25) is 5.02 Å². The number of benzene rings is 1. The Hall–Kier alpha value is -1.05. The summed E-state index contributed by atoms with van der Waals surface area (Å²) >= 11 is 10.6. The average Bonchev–Trinajstić information content (AvgIpc) is 2.28. The molecule has 0 heterocycles. The second-order valence-corrected chi connectivity index (χ2v) is 6.56. The van der Waals surface area contributed by atoms with E-state index in [9.17, 15) is 8.42 Å². The van der Waals surface area contributed by atoms with Gasteiger partial charge in [0.2, 0.25) is 10.0 Å². The molecule has 0 spiro atoms. The fraction of sp³-hybridized carbons (Fsp3) is 0.364.